The van der Waals surface area contributed by atoms with Gasteiger partial charge in [-0.2, -0.15) is 0 Å². The van der Waals surface area contributed by atoms with Crippen molar-refractivity contribution in [2.24, 2.45) is 0 Å². The van der Waals surface area contributed by atoms with Crippen molar-refractivity contribution in [1.82, 2.24) is 10.3 Å². The average Bonchev–Trinajstić information content (AvgIpc) is 2.37. The number of carbonyl (C=O) groups excluding carboxylic acids is 1. The maximum absolute atomic E-state index is 12.0. The zero-order valence-electron chi connectivity index (χ0n) is 10.2. The Labute approximate surface area is 115 Å². The molecule has 1 aromatic rings. The maximum Gasteiger partial charge on any atom is 0.319 e. The Kier molecular flexibility index (Phi) is 5.27. The van der Waals surface area contributed by atoms with Crippen LogP contribution in [0.3, 0.4) is 0 Å². The predicted octanol–water partition coefficient (Wildman–Crippen LogP) is 2.17. The Balaban J connectivity index is 3.04. The van der Waals surface area contributed by atoms with E-state index < -0.39 is 16.5 Å². The lowest BCUT2D eigenvalue weighted by Crippen LogP contribution is -2.34. The summed E-state index contributed by atoms with van der Waals surface area (Å²) in [5.74, 6) is 1.85. The van der Waals surface area contributed by atoms with E-state index in [1.54, 1.807) is 0 Å². The minimum Gasteiger partial charge on any atom is -0.348 e. The number of hydrogen-bond acceptors (Lipinski definition) is 4. The molecule has 1 N–H and O–H groups in total. The van der Waals surface area contributed by atoms with Crippen LogP contribution >= 0.6 is 11.6 Å². The first-order valence-corrected chi connectivity index (χ1v) is 5.92. The van der Waals surface area contributed by atoms with Gasteiger partial charge in [-0.1, -0.05) is 18.5 Å². The molecule has 0 aromatic carbocycles. The molecule has 7 heteroatoms. The van der Waals surface area contributed by atoms with Crippen LogP contribution in [0.4, 0.5) is 5.69 Å². The maximum atomic E-state index is 12.0. The summed E-state index contributed by atoms with van der Waals surface area (Å²) in [6, 6.07) is 1.02. The Morgan fingerprint density at radius 3 is 2.95 bits per heavy atom. The quantitative estimate of drug-likeness (QED) is 0.388. The molecule has 1 amide bonds. The Hall–Kier alpha value is -2.13. The summed E-state index contributed by atoms with van der Waals surface area (Å²) in [6.07, 6.45) is 7.41. The van der Waals surface area contributed by atoms with Crippen LogP contribution in [0.5, 0.6) is 0 Å². The molecular weight excluding hydrogens is 270 g/mol. The van der Waals surface area contributed by atoms with E-state index in [1.807, 2.05) is 6.92 Å². The zero-order valence-corrected chi connectivity index (χ0v) is 11.0. The van der Waals surface area contributed by atoms with Gasteiger partial charge >= 0.3 is 5.69 Å². The highest BCUT2D eigenvalue weighted by molar-refractivity contribution is 6.32. The highest BCUT2D eigenvalue weighted by atomic mass is 35.5. The van der Waals surface area contributed by atoms with E-state index in [4.69, 9.17) is 18.0 Å². The Morgan fingerprint density at radius 2 is 2.42 bits per heavy atom. The number of nitrogens with one attached hydrogen (secondary N) is 1. The number of aromatic nitrogens is 1. The number of halogens is 1. The fraction of sp³-hybridized carbons (Fsp3) is 0.333. The molecule has 0 aliphatic rings. The van der Waals surface area contributed by atoms with Crippen LogP contribution in [0.2, 0.25) is 5.15 Å². The third-order valence-corrected chi connectivity index (χ3v) is 2.78. The van der Waals surface area contributed by atoms with E-state index in [-0.39, 0.29) is 16.8 Å². The Bertz CT molecular complexity index is 540. The van der Waals surface area contributed by atoms with Gasteiger partial charge < -0.3 is 5.32 Å². The van der Waals surface area contributed by atoms with E-state index >= 15 is 0 Å². The number of rotatable bonds is 5. The van der Waals surface area contributed by atoms with E-state index in [1.165, 1.54) is 12.3 Å². The highest BCUT2D eigenvalue weighted by Crippen LogP contribution is 2.25. The van der Waals surface area contributed by atoms with Crippen LogP contribution < -0.4 is 5.32 Å². The number of pyridine rings is 1. The molecule has 0 aliphatic heterocycles. The summed E-state index contributed by atoms with van der Waals surface area (Å²) in [6.45, 7) is 1.86. The van der Waals surface area contributed by atoms with Crippen molar-refractivity contribution >= 4 is 23.2 Å². The highest BCUT2D eigenvalue weighted by Gasteiger charge is 2.25. The molecule has 1 rings (SSSR count). The van der Waals surface area contributed by atoms with Crippen molar-refractivity contribution in [1.29, 1.82) is 0 Å². The topological polar surface area (TPSA) is 85.1 Å². The molecule has 0 saturated heterocycles. The monoisotopic (exact) mass is 281 g/mol. The van der Waals surface area contributed by atoms with Crippen LogP contribution in [0.1, 0.15) is 30.1 Å². The van der Waals surface area contributed by atoms with Crippen LogP contribution in [-0.4, -0.2) is 21.9 Å². The van der Waals surface area contributed by atoms with Gasteiger partial charge in [0, 0.05) is 18.7 Å². The lowest BCUT2D eigenvalue weighted by Gasteiger charge is -2.14. The first-order valence-electron chi connectivity index (χ1n) is 5.54. The van der Waals surface area contributed by atoms with Crippen molar-refractivity contribution in [3.63, 3.8) is 0 Å². The van der Waals surface area contributed by atoms with Gasteiger partial charge in [-0.05, 0) is 12.5 Å². The van der Waals surface area contributed by atoms with Gasteiger partial charge in [0.05, 0.1) is 4.92 Å². The largest absolute Gasteiger partial charge is 0.348 e. The van der Waals surface area contributed by atoms with Gasteiger partial charge in [-0.25, -0.2) is 4.98 Å². The minimum atomic E-state index is -0.730. The van der Waals surface area contributed by atoms with Crippen molar-refractivity contribution < 1.29 is 9.72 Å². The zero-order chi connectivity index (χ0) is 14.4. The number of nitrogens with zero attached hydrogens (tertiary/aromatic N) is 2. The molecule has 0 fully saturated rings. The second-order valence-corrected chi connectivity index (χ2v) is 4.10. The summed E-state index contributed by atoms with van der Waals surface area (Å²) in [5, 5.41) is 13.2. The molecule has 1 heterocycles. The van der Waals surface area contributed by atoms with E-state index in [2.05, 4.69) is 16.2 Å². The van der Waals surface area contributed by atoms with Gasteiger partial charge in [-0.15, -0.1) is 12.3 Å². The molecule has 1 atom stereocenters. The first kappa shape index (κ1) is 14.9. The van der Waals surface area contributed by atoms with Crippen molar-refractivity contribution in [2.45, 2.75) is 25.8 Å². The molecule has 0 saturated carbocycles. The third-order valence-electron chi connectivity index (χ3n) is 2.50. The Morgan fingerprint density at radius 1 is 1.74 bits per heavy atom. The molecule has 1 aromatic heterocycles. The molecule has 19 heavy (non-hydrogen) atoms. The summed E-state index contributed by atoms with van der Waals surface area (Å²) in [7, 11) is 0. The fourth-order valence-electron chi connectivity index (χ4n) is 1.49. The summed E-state index contributed by atoms with van der Waals surface area (Å²) >= 11 is 5.63. The van der Waals surface area contributed by atoms with Gasteiger partial charge in [0.2, 0.25) is 5.15 Å². The van der Waals surface area contributed by atoms with Crippen LogP contribution in [-0.2, 0) is 0 Å². The third kappa shape index (κ3) is 3.66. The standard InChI is InChI=1S/C12H12ClN3O3/c1-3-5-8(4-2)15-12(17)9-6-7-14-11(13)10(9)16(18)19/h1,6-8H,4-5H2,2H3,(H,15,17). The molecule has 0 aliphatic carbocycles. The van der Waals surface area contributed by atoms with Crippen molar-refractivity contribution in [3.8, 4) is 12.3 Å². The number of amides is 1. The van der Waals surface area contributed by atoms with Gasteiger partial charge in [0.25, 0.3) is 5.91 Å². The second-order valence-electron chi connectivity index (χ2n) is 3.74. The van der Waals surface area contributed by atoms with Gasteiger partial charge in [-0.3, -0.25) is 14.9 Å². The fourth-order valence-corrected chi connectivity index (χ4v) is 1.72. The number of nitro groups is 1. The van der Waals surface area contributed by atoms with E-state index in [0.29, 0.717) is 12.8 Å². The van der Waals surface area contributed by atoms with Crippen LogP contribution in [0.15, 0.2) is 12.3 Å². The van der Waals surface area contributed by atoms with Crippen molar-refractivity contribution in [2.75, 3.05) is 0 Å². The van der Waals surface area contributed by atoms with Gasteiger partial charge in [0.1, 0.15) is 5.56 Å². The normalized spacial score (nSPS) is 11.4. The summed E-state index contributed by atoms with van der Waals surface area (Å²) in [5.41, 5.74) is -0.627. The average molecular weight is 282 g/mol. The molecule has 0 bridgehead atoms. The van der Waals surface area contributed by atoms with Crippen molar-refractivity contribution in [3.05, 3.63) is 33.1 Å². The second kappa shape index (κ2) is 6.71. The smallest absolute Gasteiger partial charge is 0.319 e. The lowest BCUT2D eigenvalue weighted by atomic mass is 10.1. The van der Waals surface area contributed by atoms with E-state index in [9.17, 15) is 14.9 Å². The molecule has 100 valence electrons. The number of terminal acetylenes is 1. The first-order chi connectivity index (χ1) is 9.01. The molecule has 0 radical (unpaired) electrons. The van der Waals surface area contributed by atoms with Gasteiger partial charge in [0.15, 0.2) is 0 Å². The summed E-state index contributed by atoms with van der Waals surface area (Å²) < 4.78 is 0. The number of hydrogen-bond donors (Lipinski definition) is 1. The summed E-state index contributed by atoms with van der Waals surface area (Å²) in [4.78, 5) is 25.8. The predicted molar refractivity (Wildman–Crippen MR) is 70.9 cm³/mol. The molecule has 6 nitrogen and oxygen atoms in total. The van der Waals surface area contributed by atoms with Crippen LogP contribution in [0.25, 0.3) is 0 Å². The van der Waals surface area contributed by atoms with Crippen LogP contribution in [0, 0.1) is 22.5 Å². The molecule has 0 spiro atoms. The number of carbonyl (C=O) groups is 1. The SMILES string of the molecule is C#CCC(CC)NC(=O)c1ccnc(Cl)c1[N+](=O)[O-]. The minimum absolute atomic E-state index is 0.125. The van der Waals surface area contributed by atoms with E-state index in [0.717, 1.165) is 0 Å². The molecular formula is C12H12ClN3O3. The lowest BCUT2D eigenvalue weighted by molar-refractivity contribution is -0.385. The molecule has 1 unspecified atom stereocenters.